The highest BCUT2D eigenvalue weighted by atomic mass is 16.1. The lowest BCUT2D eigenvalue weighted by molar-refractivity contribution is 0.102. The Labute approximate surface area is 169 Å². The van der Waals surface area contributed by atoms with Crippen molar-refractivity contribution in [1.29, 1.82) is 5.26 Å². The van der Waals surface area contributed by atoms with E-state index in [1.807, 2.05) is 12.1 Å². The zero-order chi connectivity index (χ0) is 20.1. The zero-order valence-electron chi connectivity index (χ0n) is 15.9. The Morgan fingerprint density at radius 3 is 2.52 bits per heavy atom. The number of hydrogen-bond acceptors (Lipinski definition) is 5. The highest BCUT2D eigenvalue weighted by molar-refractivity contribution is 6.05. The molecule has 1 fully saturated rings. The van der Waals surface area contributed by atoms with Gasteiger partial charge in [0.15, 0.2) is 0 Å². The van der Waals surface area contributed by atoms with Crippen LogP contribution in [0.3, 0.4) is 0 Å². The fourth-order valence-corrected chi connectivity index (χ4v) is 3.41. The van der Waals surface area contributed by atoms with Crippen molar-refractivity contribution in [2.75, 3.05) is 28.6 Å². The number of rotatable bonds is 5. The van der Waals surface area contributed by atoms with Gasteiger partial charge in [0.25, 0.3) is 5.91 Å². The average Bonchev–Trinajstić information content (AvgIpc) is 3.30. The van der Waals surface area contributed by atoms with Gasteiger partial charge in [0, 0.05) is 30.7 Å². The number of hydrogen-bond donors (Lipinski definition) is 2. The monoisotopic (exact) mass is 383 g/mol. The number of nitrogens with one attached hydrogen (secondary N) is 2. The molecule has 1 aliphatic heterocycles. The zero-order valence-corrected chi connectivity index (χ0v) is 15.9. The molecule has 1 saturated heterocycles. The number of pyridine rings is 1. The Hall–Kier alpha value is -3.85. The Balaban J connectivity index is 1.45. The van der Waals surface area contributed by atoms with Crippen LogP contribution in [0.1, 0.15) is 28.8 Å². The first-order chi connectivity index (χ1) is 14.2. The van der Waals surface area contributed by atoms with Gasteiger partial charge in [-0.1, -0.05) is 12.1 Å². The maximum Gasteiger partial charge on any atom is 0.257 e. The number of anilines is 4. The number of carbonyl (C=O) groups is 1. The van der Waals surface area contributed by atoms with Gasteiger partial charge in [-0.15, -0.1) is 0 Å². The second-order valence-electron chi connectivity index (χ2n) is 6.94. The minimum atomic E-state index is -0.312. The van der Waals surface area contributed by atoms with Gasteiger partial charge >= 0.3 is 0 Å². The van der Waals surface area contributed by atoms with E-state index in [4.69, 9.17) is 0 Å². The predicted molar refractivity (Wildman–Crippen MR) is 115 cm³/mol. The third-order valence-electron chi connectivity index (χ3n) is 4.92. The van der Waals surface area contributed by atoms with Crippen LogP contribution >= 0.6 is 0 Å². The summed E-state index contributed by atoms with van der Waals surface area (Å²) in [7, 11) is 0. The second kappa shape index (κ2) is 8.44. The van der Waals surface area contributed by atoms with Crippen molar-refractivity contribution >= 4 is 28.7 Å². The molecule has 0 atom stereocenters. The number of amides is 1. The standard InChI is InChI=1S/C23H21N5O/c24-14-17-5-1-2-6-22(17)27-23(29)18-13-20(16-25-15-18)26-19-7-9-21(10-8-19)28-11-3-4-12-28/h1-2,5-10,13,15-16,26H,3-4,11-12H2,(H,27,29). The molecule has 2 heterocycles. The average molecular weight is 383 g/mol. The van der Waals surface area contributed by atoms with Crippen LogP contribution in [0.4, 0.5) is 22.7 Å². The van der Waals surface area contributed by atoms with E-state index in [0.29, 0.717) is 16.8 Å². The quantitative estimate of drug-likeness (QED) is 0.676. The van der Waals surface area contributed by atoms with Crippen LogP contribution in [0.2, 0.25) is 0 Å². The molecular formula is C23H21N5O. The van der Waals surface area contributed by atoms with Crippen molar-refractivity contribution in [3.8, 4) is 6.07 Å². The highest BCUT2D eigenvalue weighted by Crippen LogP contribution is 2.24. The van der Waals surface area contributed by atoms with Gasteiger partial charge in [-0.2, -0.15) is 5.26 Å². The minimum Gasteiger partial charge on any atom is -0.372 e. The smallest absolute Gasteiger partial charge is 0.257 e. The molecule has 0 spiro atoms. The predicted octanol–water partition coefficient (Wildman–Crippen LogP) is 4.55. The summed E-state index contributed by atoms with van der Waals surface area (Å²) < 4.78 is 0. The summed E-state index contributed by atoms with van der Waals surface area (Å²) in [6.45, 7) is 2.23. The molecule has 4 rings (SSSR count). The van der Waals surface area contributed by atoms with E-state index in [1.165, 1.54) is 24.7 Å². The first kappa shape index (κ1) is 18.5. The van der Waals surface area contributed by atoms with E-state index in [0.717, 1.165) is 24.5 Å². The number of para-hydroxylation sites is 1. The lowest BCUT2D eigenvalue weighted by Gasteiger charge is -2.18. The molecule has 6 heteroatoms. The van der Waals surface area contributed by atoms with Crippen molar-refractivity contribution in [2.24, 2.45) is 0 Å². The first-order valence-electron chi connectivity index (χ1n) is 9.60. The third kappa shape index (κ3) is 4.36. The summed E-state index contributed by atoms with van der Waals surface area (Å²) in [5, 5.41) is 15.2. The molecule has 0 saturated carbocycles. The number of nitriles is 1. The fraction of sp³-hybridized carbons (Fsp3) is 0.174. The van der Waals surface area contributed by atoms with E-state index in [2.05, 4.69) is 38.7 Å². The van der Waals surface area contributed by atoms with Crippen LogP contribution in [-0.2, 0) is 0 Å². The Bertz CT molecular complexity index is 1050. The van der Waals surface area contributed by atoms with Crippen molar-refractivity contribution in [1.82, 2.24) is 4.98 Å². The van der Waals surface area contributed by atoms with E-state index in [1.54, 1.807) is 36.5 Å². The third-order valence-corrected chi connectivity index (χ3v) is 4.92. The largest absolute Gasteiger partial charge is 0.372 e. The Morgan fingerprint density at radius 2 is 1.76 bits per heavy atom. The van der Waals surface area contributed by atoms with Crippen molar-refractivity contribution in [2.45, 2.75) is 12.8 Å². The number of nitrogens with zero attached hydrogens (tertiary/aromatic N) is 3. The SMILES string of the molecule is N#Cc1ccccc1NC(=O)c1cncc(Nc2ccc(N3CCCC3)cc2)c1. The normalized spacial score (nSPS) is 13.0. The van der Waals surface area contributed by atoms with E-state index >= 15 is 0 Å². The maximum atomic E-state index is 12.6. The molecule has 0 radical (unpaired) electrons. The van der Waals surface area contributed by atoms with Gasteiger partial charge < -0.3 is 15.5 Å². The Kier molecular flexibility index (Phi) is 5.39. The van der Waals surface area contributed by atoms with Crippen molar-refractivity contribution in [3.63, 3.8) is 0 Å². The van der Waals surface area contributed by atoms with E-state index in [9.17, 15) is 10.1 Å². The number of aromatic nitrogens is 1. The molecule has 0 aliphatic carbocycles. The number of benzene rings is 2. The molecule has 1 aliphatic rings. The molecule has 3 aromatic rings. The van der Waals surface area contributed by atoms with Crippen LogP contribution in [0.25, 0.3) is 0 Å². The molecule has 1 aromatic heterocycles. The molecule has 144 valence electrons. The lowest BCUT2D eigenvalue weighted by Crippen LogP contribution is -2.17. The van der Waals surface area contributed by atoms with Crippen LogP contribution in [0.5, 0.6) is 0 Å². The molecule has 1 amide bonds. The van der Waals surface area contributed by atoms with Gasteiger partial charge in [0.2, 0.25) is 0 Å². The summed E-state index contributed by atoms with van der Waals surface area (Å²) in [4.78, 5) is 19.1. The highest BCUT2D eigenvalue weighted by Gasteiger charge is 2.12. The minimum absolute atomic E-state index is 0.312. The fourth-order valence-electron chi connectivity index (χ4n) is 3.41. The van der Waals surface area contributed by atoms with Gasteiger partial charge in [-0.05, 0) is 55.3 Å². The van der Waals surface area contributed by atoms with Gasteiger partial charge in [0.05, 0.1) is 28.7 Å². The molecule has 0 unspecified atom stereocenters. The van der Waals surface area contributed by atoms with Crippen LogP contribution in [0, 0.1) is 11.3 Å². The first-order valence-corrected chi connectivity index (χ1v) is 9.60. The second-order valence-corrected chi connectivity index (χ2v) is 6.94. The molecule has 0 bridgehead atoms. The topological polar surface area (TPSA) is 81.0 Å². The molecule has 2 N–H and O–H groups in total. The van der Waals surface area contributed by atoms with Crippen LogP contribution in [-0.4, -0.2) is 24.0 Å². The van der Waals surface area contributed by atoms with E-state index < -0.39 is 0 Å². The van der Waals surface area contributed by atoms with Gasteiger partial charge in [-0.25, -0.2) is 0 Å². The number of carbonyl (C=O) groups excluding carboxylic acids is 1. The van der Waals surface area contributed by atoms with Crippen LogP contribution < -0.4 is 15.5 Å². The van der Waals surface area contributed by atoms with Gasteiger partial charge in [-0.3, -0.25) is 9.78 Å². The van der Waals surface area contributed by atoms with E-state index in [-0.39, 0.29) is 5.91 Å². The summed E-state index contributed by atoms with van der Waals surface area (Å²) >= 11 is 0. The molecule has 29 heavy (non-hydrogen) atoms. The summed E-state index contributed by atoms with van der Waals surface area (Å²) in [6, 6.07) is 19.0. The molecule has 2 aromatic carbocycles. The molecule has 6 nitrogen and oxygen atoms in total. The summed E-state index contributed by atoms with van der Waals surface area (Å²) in [6.07, 6.45) is 5.68. The maximum absolute atomic E-state index is 12.6. The van der Waals surface area contributed by atoms with Crippen molar-refractivity contribution < 1.29 is 4.79 Å². The molecular weight excluding hydrogens is 362 g/mol. The summed E-state index contributed by atoms with van der Waals surface area (Å²) in [5.41, 5.74) is 4.20. The summed E-state index contributed by atoms with van der Waals surface area (Å²) in [5.74, 6) is -0.312. The van der Waals surface area contributed by atoms with Crippen LogP contribution in [0.15, 0.2) is 67.0 Å². The van der Waals surface area contributed by atoms with Crippen molar-refractivity contribution in [3.05, 3.63) is 78.1 Å². The lowest BCUT2D eigenvalue weighted by atomic mass is 10.1. The van der Waals surface area contributed by atoms with Gasteiger partial charge in [0.1, 0.15) is 6.07 Å². The Morgan fingerprint density at radius 1 is 1.00 bits per heavy atom.